The van der Waals surface area contributed by atoms with Crippen molar-refractivity contribution in [2.75, 3.05) is 5.32 Å². The van der Waals surface area contributed by atoms with Crippen LogP contribution in [0.5, 0.6) is 0 Å². The van der Waals surface area contributed by atoms with Crippen LogP contribution in [0.2, 0.25) is 0 Å². The third-order valence-electron chi connectivity index (χ3n) is 3.16. The number of nitrogens with one attached hydrogen (secondary N) is 2. The smallest absolute Gasteiger partial charge is 0.409 e. The first-order valence-corrected chi connectivity index (χ1v) is 8.35. The summed E-state index contributed by atoms with van der Waals surface area (Å²) in [6.07, 6.45) is -1.64. The van der Waals surface area contributed by atoms with Crippen molar-refractivity contribution in [2.24, 2.45) is 0 Å². The van der Waals surface area contributed by atoms with Gasteiger partial charge in [-0.15, -0.1) is 0 Å². The van der Waals surface area contributed by atoms with E-state index in [1.807, 2.05) is 61.5 Å². The number of benzene rings is 2. The summed E-state index contributed by atoms with van der Waals surface area (Å²) in [6.45, 7) is 2.10. The highest BCUT2D eigenvalue weighted by Gasteiger charge is 2.34. The van der Waals surface area contributed by atoms with Crippen LogP contribution in [-0.4, -0.2) is 16.1 Å². The molecule has 0 radical (unpaired) electrons. The van der Waals surface area contributed by atoms with Gasteiger partial charge < -0.3 is 10.1 Å². The molecule has 2 N–H and O–H groups in total. The van der Waals surface area contributed by atoms with E-state index in [1.54, 1.807) is 0 Å². The number of rotatable bonds is 5. The van der Waals surface area contributed by atoms with Crippen LogP contribution in [0.3, 0.4) is 0 Å². The lowest BCUT2D eigenvalue weighted by molar-refractivity contribution is 0.137. The Morgan fingerprint density at radius 2 is 1.71 bits per heavy atom. The third kappa shape index (κ3) is 6.11. The maximum Gasteiger partial charge on any atom is 0.409 e. The number of anilines is 1. The SMILES string of the molecule is Cc1ccc(N[C@@H](NC(=O)OCc2ccccc2)C(Cl)(Cl)Cl)cc1. The van der Waals surface area contributed by atoms with Crippen LogP contribution >= 0.6 is 34.8 Å². The van der Waals surface area contributed by atoms with Gasteiger partial charge in [0.2, 0.25) is 3.79 Å². The van der Waals surface area contributed by atoms with Crippen molar-refractivity contribution in [1.82, 2.24) is 5.32 Å². The molecular weight excluding hydrogens is 371 g/mol. The van der Waals surface area contributed by atoms with Crippen LogP contribution in [0.1, 0.15) is 11.1 Å². The summed E-state index contributed by atoms with van der Waals surface area (Å²) in [5.41, 5.74) is 2.67. The Kier molecular flexibility index (Phi) is 6.60. The molecule has 0 aromatic heterocycles. The van der Waals surface area contributed by atoms with Gasteiger partial charge in [-0.1, -0.05) is 82.8 Å². The Labute approximate surface area is 156 Å². The van der Waals surface area contributed by atoms with Gasteiger partial charge in [-0.3, -0.25) is 5.32 Å². The number of ether oxygens (including phenoxy) is 1. The molecule has 2 aromatic carbocycles. The van der Waals surface area contributed by atoms with Crippen molar-refractivity contribution in [3.8, 4) is 0 Å². The number of carbonyl (C=O) groups is 1. The molecule has 2 rings (SSSR count). The number of alkyl carbamates (subject to hydrolysis) is 1. The van der Waals surface area contributed by atoms with E-state index < -0.39 is 16.1 Å². The molecule has 0 aliphatic heterocycles. The van der Waals surface area contributed by atoms with Crippen LogP contribution in [0, 0.1) is 6.92 Å². The van der Waals surface area contributed by atoms with E-state index in [2.05, 4.69) is 10.6 Å². The summed E-state index contributed by atoms with van der Waals surface area (Å²) < 4.78 is 3.39. The summed E-state index contributed by atoms with van der Waals surface area (Å²) >= 11 is 17.8. The molecule has 1 atom stereocenters. The number of amides is 1. The first-order valence-electron chi connectivity index (χ1n) is 7.22. The number of carbonyl (C=O) groups excluding carboxylic acids is 1. The van der Waals surface area contributed by atoms with Gasteiger partial charge in [0.15, 0.2) is 0 Å². The molecule has 128 valence electrons. The number of hydrogen-bond donors (Lipinski definition) is 2. The fourth-order valence-electron chi connectivity index (χ4n) is 1.90. The molecule has 0 saturated carbocycles. The Morgan fingerprint density at radius 1 is 1.08 bits per heavy atom. The molecule has 7 heteroatoms. The normalized spacial score (nSPS) is 12.3. The second-order valence-corrected chi connectivity index (χ2v) is 7.56. The van der Waals surface area contributed by atoms with Crippen molar-refractivity contribution in [1.29, 1.82) is 0 Å². The molecule has 0 aliphatic rings. The molecule has 0 spiro atoms. The van der Waals surface area contributed by atoms with Gasteiger partial charge in [0.1, 0.15) is 12.8 Å². The first-order chi connectivity index (χ1) is 11.3. The van der Waals surface area contributed by atoms with Gasteiger partial charge in [-0.05, 0) is 24.6 Å². The quantitative estimate of drug-likeness (QED) is 0.559. The van der Waals surface area contributed by atoms with Crippen LogP contribution in [0.4, 0.5) is 10.5 Å². The lowest BCUT2D eigenvalue weighted by Gasteiger charge is -2.27. The molecular formula is C17H17Cl3N2O2. The minimum Gasteiger partial charge on any atom is -0.445 e. The zero-order valence-corrected chi connectivity index (χ0v) is 15.2. The van der Waals surface area contributed by atoms with Crippen molar-refractivity contribution in [3.63, 3.8) is 0 Å². The van der Waals surface area contributed by atoms with E-state index in [0.717, 1.165) is 11.1 Å². The summed E-state index contributed by atoms with van der Waals surface area (Å²) in [7, 11) is 0. The molecule has 0 bridgehead atoms. The van der Waals surface area contributed by atoms with Crippen LogP contribution in [-0.2, 0) is 11.3 Å². The lowest BCUT2D eigenvalue weighted by Crippen LogP contribution is -2.49. The Bertz CT molecular complexity index is 658. The van der Waals surface area contributed by atoms with Gasteiger partial charge in [0, 0.05) is 5.69 Å². The number of aryl methyl sites for hydroxylation is 1. The second-order valence-electron chi connectivity index (χ2n) is 5.19. The zero-order chi connectivity index (χ0) is 17.6. The van der Waals surface area contributed by atoms with E-state index in [1.165, 1.54) is 0 Å². The van der Waals surface area contributed by atoms with Crippen molar-refractivity contribution in [3.05, 3.63) is 65.7 Å². The minimum atomic E-state index is -1.75. The standard InChI is InChI=1S/C17H17Cl3N2O2/c1-12-7-9-14(10-8-12)21-15(17(18,19)20)22-16(23)24-11-13-5-3-2-4-6-13/h2-10,15,21H,11H2,1H3,(H,22,23)/t15-/m0/s1. The van der Waals surface area contributed by atoms with E-state index in [4.69, 9.17) is 39.5 Å². The predicted octanol–water partition coefficient (Wildman–Crippen LogP) is 5.03. The van der Waals surface area contributed by atoms with E-state index >= 15 is 0 Å². The Hall–Kier alpha value is -1.62. The van der Waals surface area contributed by atoms with Gasteiger partial charge in [0.05, 0.1) is 0 Å². The van der Waals surface area contributed by atoms with E-state index in [0.29, 0.717) is 5.69 Å². The predicted molar refractivity (Wildman–Crippen MR) is 98.6 cm³/mol. The maximum atomic E-state index is 12.0. The molecule has 4 nitrogen and oxygen atoms in total. The molecule has 1 amide bonds. The van der Waals surface area contributed by atoms with E-state index in [-0.39, 0.29) is 6.61 Å². The zero-order valence-electron chi connectivity index (χ0n) is 12.9. The van der Waals surface area contributed by atoms with Gasteiger partial charge in [-0.25, -0.2) is 4.79 Å². The van der Waals surface area contributed by atoms with Gasteiger partial charge >= 0.3 is 6.09 Å². The van der Waals surface area contributed by atoms with Crippen molar-refractivity contribution >= 4 is 46.6 Å². The van der Waals surface area contributed by atoms with Gasteiger partial charge in [-0.2, -0.15) is 0 Å². The molecule has 0 unspecified atom stereocenters. The maximum absolute atomic E-state index is 12.0. The van der Waals surface area contributed by atoms with Crippen LogP contribution in [0.15, 0.2) is 54.6 Å². The molecule has 24 heavy (non-hydrogen) atoms. The second kappa shape index (κ2) is 8.47. The fraction of sp³-hybridized carbons (Fsp3) is 0.235. The highest BCUT2D eigenvalue weighted by Crippen LogP contribution is 2.31. The molecule has 0 fully saturated rings. The summed E-state index contributed by atoms with van der Waals surface area (Å²) in [4.78, 5) is 12.0. The van der Waals surface area contributed by atoms with Gasteiger partial charge in [0.25, 0.3) is 0 Å². The highest BCUT2D eigenvalue weighted by atomic mass is 35.6. The monoisotopic (exact) mass is 386 g/mol. The third-order valence-corrected chi connectivity index (χ3v) is 3.82. The van der Waals surface area contributed by atoms with Crippen molar-refractivity contribution in [2.45, 2.75) is 23.5 Å². The summed E-state index contributed by atoms with van der Waals surface area (Å²) in [5, 5.41) is 5.49. The molecule has 2 aromatic rings. The van der Waals surface area contributed by atoms with E-state index in [9.17, 15) is 4.79 Å². The molecule has 0 saturated heterocycles. The lowest BCUT2D eigenvalue weighted by atomic mass is 10.2. The first kappa shape index (κ1) is 18.7. The van der Waals surface area contributed by atoms with Crippen LogP contribution < -0.4 is 10.6 Å². The number of hydrogen-bond acceptors (Lipinski definition) is 3. The molecule has 0 aliphatic carbocycles. The average Bonchev–Trinajstić information content (AvgIpc) is 2.54. The molecule has 0 heterocycles. The average molecular weight is 388 g/mol. The summed E-state index contributed by atoms with van der Waals surface area (Å²) in [6, 6.07) is 16.8. The number of alkyl halides is 3. The Balaban J connectivity index is 1.95. The summed E-state index contributed by atoms with van der Waals surface area (Å²) in [5.74, 6) is 0. The van der Waals surface area contributed by atoms with Crippen molar-refractivity contribution < 1.29 is 9.53 Å². The fourth-order valence-corrected chi connectivity index (χ4v) is 2.23. The highest BCUT2D eigenvalue weighted by molar-refractivity contribution is 6.68. The minimum absolute atomic E-state index is 0.129. The topological polar surface area (TPSA) is 50.4 Å². The van der Waals surface area contributed by atoms with Crippen LogP contribution in [0.25, 0.3) is 0 Å². The largest absolute Gasteiger partial charge is 0.445 e. The number of halogens is 3. The Morgan fingerprint density at radius 3 is 2.29 bits per heavy atom.